The Kier molecular flexibility index (Phi) is 4.27. The highest BCUT2D eigenvalue weighted by Gasteiger charge is 2.14. The van der Waals surface area contributed by atoms with Crippen molar-refractivity contribution in [2.24, 2.45) is 7.05 Å². The van der Waals surface area contributed by atoms with Crippen molar-refractivity contribution >= 4 is 5.91 Å². The van der Waals surface area contributed by atoms with Crippen molar-refractivity contribution in [1.82, 2.24) is 14.7 Å². The van der Waals surface area contributed by atoms with Gasteiger partial charge in [-0.05, 0) is 38.0 Å². The van der Waals surface area contributed by atoms with Gasteiger partial charge in [-0.3, -0.25) is 9.48 Å². The van der Waals surface area contributed by atoms with Gasteiger partial charge in [-0.25, -0.2) is 0 Å². The number of carbonyl (C=O) groups is 1. The van der Waals surface area contributed by atoms with Gasteiger partial charge in [0.05, 0.1) is 18.5 Å². The molecule has 0 aliphatic heterocycles. The third-order valence-electron chi connectivity index (χ3n) is 3.65. The largest absolute Gasteiger partial charge is 0.467 e. The molecule has 0 aliphatic rings. The fourth-order valence-corrected chi connectivity index (χ4v) is 2.33. The predicted octanol–water partition coefficient (Wildman–Crippen LogP) is 2.22. The first-order chi connectivity index (χ1) is 9.49. The summed E-state index contributed by atoms with van der Waals surface area (Å²) in [5.41, 5.74) is 3.31. The quantitative estimate of drug-likeness (QED) is 0.840. The van der Waals surface area contributed by atoms with Crippen LogP contribution in [0, 0.1) is 13.8 Å². The molecular weight excluding hydrogens is 254 g/mol. The number of furan rings is 1. The van der Waals surface area contributed by atoms with Crippen LogP contribution < -0.4 is 0 Å². The summed E-state index contributed by atoms with van der Waals surface area (Å²) in [5.74, 6) is 0.915. The number of nitrogens with zero attached hydrogens (tertiary/aromatic N) is 3. The zero-order chi connectivity index (χ0) is 14.7. The minimum atomic E-state index is 0.115. The van der Waals surface area contributed by atoms with E-state index < -0.39 is 0 Å². The Balaban J connectivity index is 1.91. The summed E-state index contributed by atoms with van der Waals surface area (Å²) in [4.78, 5) is 13.8. The van der Waals surface area contributed by atoms with Crippen molar-refractivity contribution in [3.8, 4) is 0 Å². The van der Waals surface area contributed by atoms with E-state index in [1.165, 1.54) is 5.56 Å². The Labute approximate surface area is 119 Å². The van der Waals surface area contributed by atoms with Crippen LogP contribution in [0.3, 0.4) is 0 Å². The number of hydrogen-bond acceptors (Lipinski definition) is 3. The van der Waals surface area contributed by atoms with Crippen LogP contribution in [0.15, 0.2) is 22.8 Å². The summed E-state index contributed by atoms with van der Waals surface area (Å²) in [7, 11) is 3.73. The second kappa shape index (κ2) is 5.94. The molecule has 2 aromatic heterocycles. The Bertz CT molecular complexity index is 585. The van der Waals surface area contributed by atoms with Crippen LogP contribution >= 0.6 is 0 Å². The van der Waals surface area contributed by atoms with Crippen LogP contribution in [0.2, 0.25) is 0 Å². The Morgan fingerprint density at radius 1 is 1.45 bits per heavy atom. The van der Waals surface area contributed by atoms with E-state index in [0.29, 0.717) is 13.0 Å². The summed E-state index contributed by atoms with van der Waals surface area (Å²) < 4.78 is 7.11. The summed E-state index contributed by atoms with van der Waals surface area (Å²) in [6.45, 7) is 4.53. The van der Waals surface area contributed by atoms with Crippen LogP contribution in [0.4, 0.5) is 0 Å². The van der Waals surface area contributed by atoms with E-state index in [1.807, 2.05) is 37.7 Å². The molecule has 108 valence electrons. The lowest BCUT2D eigenvalue weighted by Crippen LogP contribution is -2.26. The second-order valence-corrected chi connectivity index (χ2v) is 5.10. The predicted molar refractivity (Wildman–Crippen MR) is 76.2 cm³/mol. The third kappa shape index (κ3) is 3.10. The monoisotopic (exact) mass is 275 g/mol. The average molecular weight is 275 g/mol. The molecule has 2 rings (SSSR count). The Hall–Kier alpha value is -2.04. The van der Waals surface area contributed by atoms with Crippen molar-refractivity contribution in [3.05, 3.63) is 41.1 Å². The fraction of sp³-hybridized carbons (Fsp3) is 0.467. The molecule has 0 radical (unpaired) electrons. The van der Waals surface area contributed by atoms with E-state index in [0.717, 1.165) is 23.6 Å². The van der Waals surface area contributed by atoms with Crippen molar-refractivity contribution in [3.63, 3.8) is 0 Å². The van der Waals surface area contributed by atoms with E-state index in [-0.39, 0.29) is 5.91 Å². The number of aryl methyl sites for hydroxylation is 2. The Morgan fingerprint density at radius 3 is 2.75 bits per heavy atom. The molecule has 0 N–H and O–H groups in total. The van der Waals surface area contributed by atoms with Gasteiger partial charge in [0.2, 0.25) is 5.91 Å². The minimum Gasteiger partial charge on any atom is -0.467 e. The number of rotatable bonds is 5. The van der Waals surface area contributed by atoms with Gasteiger partial charge >= 0.3 is 0 Å². The highest BCUT2D eigenvalue weighted by atomic mass is 16.3. The highest BCUT2D eigenvalue weighted by Crippen LogP contribution is 2.15. The first kappa shape index (κ1) is 14.4. The van der Waals surface area contributed by atoms with Gasteiger partial charge in [0.15, 0.2) is 0 Å². The second-order valence-electron chi connectivity index (χ2n) is 5.10. The molecule has 0 aliphatic carbocycles. The van der Waals surface area contributed by atoms with Crippen LogP contribution in [0.1, 0.15) is 29.1 Å². The van der Waals surface area contributed by atoms with Crippen LogP contribution in [0.25, 0.3) is 0 Å². The molecule has 0 atom stereocenters. The molecule has 0 spiro atoms. The van der Waals surface area contributed by atoms with E-state index in [4.69, 9.17) is 4.42 Å². The highest BCUT2D eigenvalue weighted by molar-refractivity contribution is 5.76. The number of aromatic nitrogens is 2. The SMILES string of the molecule is Cc1nn(C)c(C)c1CCC(=O)N(C)Cc1ccco1. The topological polar surface area (TPSA) is 51.3 Å². The van der Waals surface area contributed by atoms with Gasteiger partial charge in [0, 0.05) is 26.2 Å². The molecular formula is C15H21N3O2. The molecule has 5 nitrogen and oxygen atoms in total. The molecule has 0 saturated carbocycles. The maximum absolute atomic E-state index is 12.1. The smallest absolute Gasteiger partial charge is 0.223 e. The molecule has 0 unspecified atom stereocenters. The maximum Gasteiger partial charge on any atom is 0.223 e. The molecule has 0 bridgehead atoms. The van der Waals surface area contributed by atoms with Gasteiger partial charge in [0.25, 0.3) is 0 Å². The molecule has 5 heteroatoms. The number of carbonyl (C=O) groups excluding carboxylic acids is 1. The van der Waals surface area contributed by atoms with Gasteiger partial charge in [-0.2, -0.15) is 5.10 Å². The lowest BCUT2D eigenvalue weighted by molar-refractivity contribution is -0.130. The summed E-state index contributed by atoms with van der Waals surface area (Å²) in [6.07, 6.45) is 2.84. The van der Waals surface area contributed by atoms with Gasteiger partial charge < -0.3 is 9.32 Å². The standard InChI is InChI=1S/C15H21N3O2/c1-11-14(12(2)18(4)16-11)7-8-15(19)17(3)10-13-6-5-9-20-13/h5-6,9H,7-8,10H2,1-4H3. The molecule has 20 heavy (non-hydrogen) atoms. The minimum absolute atomic E-state index is 0.115. The van der Waals surface area contributed by atoms with E-state index in [2.05, 4.69) is 5.10 Å². The lowest BCUT2D eigenvalue weighted by atomic mass is 10.1. The first-order valence-corrected chi connectivity index (χ1v) is 6.74. The van der Waals surface area contributed by atoms with Crippen LogP contribution in [-0.4, -0.2) is 27.6 Å². The van der Waals surface area contributed by atoms with Crippen molar-refractivity contribution in [1.29, 1.82) is 0 Å². The maximum atomic E-state index is 12.1. The van der Waals surface area contributed by atoms with E-state index >= 15 is 0 Å². The lowest BCUT2D eigenvalue weighted by Gasteiger charge is -2.15. The molecule has 1 amide bonds. The van der Waals surface area contributed by atoms with E-state index in [9.17, 15) is 4.79 Å². The first-order valence-electron chi connectivity index (χ1n) is 6.74. The molecule has 0 aromatic carbocycles. The van der Waals surface area contributed by atoms with Crippen LogP contribution in [0.5, 0.6) is 0 Å². The summed E-state index contributed by atoms with van der Waals surface area (Å²) in [6, 6.07) is 3.70. The zero-order valence-electron chi connectivity index (χ0n) is 12.5. The number of amides is 1. The van der Waals surface area contributed by atoms with Crippen molar-refractivity contribution in [2.75, 3.05) is 7.05 Å². The Morgan fingerprint density at radius 2 is 2.20 bits per heavy atom. The van der Waals surface area contributed by atoms with Crippen molar-refractivity contribution in [2.45, 2.75) is 33.2 Å². The molecule has 0 saturated heterocycles. The molecule has 2 aromatic rings. The average Bonchev–Trinajstić information content (AvgIpc) is 2.98. The third-order valence-corrected chi connectivity index (χ3v) is 3.65. The van der Waals surface area contributed by atoms with Crippen molar-refractivity contribution < 1.29 is 9.21 Å². The van der Waals surface area contributed by atoms with Gasteiger partial charge in [0.1, 0.15) is 5.76 Å². The van der Waals surface area contributed by atoms with Crippen LogP contribution in [-0.2, 0) is 24.8 Å². The summed E-state index contributed by atoms with van der Waals surface area (Å²) >= 11 is 0. The molecule has 2 heterocycles. The zero-order valence-corrected chi connectivity index (χ0v) is 12.5. The fourth-order valence-electron chi connectivity index (χ4n) is 2.33. The summed E-state index contributed by atoms with van der Waals surface area (Å²) in [5, 5.41) is 4.37. The van der Waals surface area contributed by atoms with E-state index in [1.54, 1.807) is 18.2 Å². The van der Waals surface area contributed by atoms with Gasteiger partial charge in [-0.1, -0.05) is 0 Å². The van der Waals surface area contributed by atoms with Gasteiger partial charge in [-0.15, -0.1) is 0 Å². The normalized spacial score (nSPS) is 10.8. The molecule has 0 fully saturated rings. The number of hydrogen-bond donors (Lipinski definition) is 0.